The standard InChI is InChI=1S/C16H31N3O2/c1-15(2)4-6-16(21,7-5-15)13-17-12-14(20)19-10-8-18(3)9-11-19/h17,21H,4-13H2,1-3H3. The lowest BCUT2D eigenvalue weighted by Crippen LogP contribution is -2.51. The van der Waals surface area contributed by atoms with Crippen LogP contribution in [-0.4, -0.2) is 72.7 Å². The van der Waals surface area contributed by atoms with E-state index in [1.807, 2.05) is 4.90 Å². The lowest BCUT2D eigenvalue weighted by molar-refractivity contribution is -0.132. The van der Waals surface area contributed by atoms with Gasteiger partial charge in [0, 0.05) is 32.7 Å². The fourth-order valence-electron chi connectivity index (χ4n) is 3.14. The Hall–Kier alpha value is -0.650. The lowest BCUT2D eigenvalue weighted by atomic mass is 9.71. The predicted octanol–water partition coefficient (Wildman–Crippen LogP) is 0.681. The molecule has 1 aliphatic heterocycles. The number of nitrogens with zero attached hydrogens (tertiary/aromatic N) is 2. The highest BCUT2D eigenvalue weighted by molar-refractivity contribution is 5.78. The average molecular weight is 297 g/mol. The fourth-order valence-corrected chi connectivity index (χ4v) is 3.14. The molecule has 2 fully saturated rings. The van der Waals surface area contributed by atoms with E-state index in [1.54, 1.807) is 0 Å². The van der Waals surface area contributed by atoms with Crippen LogP contribution in [0.4, 0.5) is 0 Å². The van der Waals surface area contributed by atoms with Crippen LogP contribution in [-0.2, 0) is 4.79 Å². The first-order valence-corrected chi connectivity index (χ1v) is 8.19. The minimum absolute atomic E-state index is 0.155. The van der Waals surface area contributed by atoms with E-state index in [1.165, 1.54) is 0 Å². The van der Waals surface area contributed by atoms with Crippen LogP contribution in [0.25, 0.3) is 0 Å². The molecule has 1 saturated carbocycles. The highest BCUT2D eigenvalue weighted by Crippen LogP contribution is 2.39. The summed E-state index contributed by atoms with van der Waals surface area (Å²) < 4.78 is 0. The third kappa shape index (κ3) is 4.94. The van der Waals surface area contributed by atoms with E-state index in [9.17, 15) is 9.90 Å². The maximum Gasteiger partial charge on any atom is 0.236 e. The van der Waals surface area contributed by atoms with Crippen LogP contribution in [0.1, 0.15) is 39.5 Å². The van der Waals surface area contributed by atoms with Gasteiger partial charge in [-0.15, -0.1) is 0 Å². The Bertz CT molecular complexity index is 353. The molecule has 122 valence electrons. The number of carbonyl (C=O) groups is 1. The van der Waals surface area contributed by atoms with Crippen molar-refractivity contribution in [1.82, 2.24) is 15.1 Å². The SMILES string of the molecule is CN1CCN(C(=O)CNCC2(O)CCC(C)(C)CC2)CC1. The van der Waals surface area contributed by atoms with Crippen molar-refractivity contribution < 1.29 is 9.90 Å². The molecule has 2 N–H and O–H groups in total. The van der Waals surface area contributed by atoms with Crippen LogP contribution in [0, 0.1) is 5.41 Å². The molecule has 0 aromatic heterocycles. The van der Waals surface area contributed by atoms with Crippen molar-refractivity contribution in [3.63, 3.8) is 0 Å². The molecule has 0 radical (unpaired) electrons. The van der Waals surface area contributed by atoms with Gasteiger partial charge in [-0.1, -0.05) is 13.8 Å². The highest BCUT2D eigenvalue weighted by Gasteiger charge is 2.36. The maximum atomic E-state index is 12.1. The number of carbonyl (C=O) groups excluding carboxylic acids is 1. The summed E-state index contributed by atoms with van der Waals surface area (Å²) in [4.78, 5) is 16.3. The van der Waals surface area contributed by atoms with E-state index in [2.05, 4.69) is 31.1 Å². The van der Waals surface area contributed by atoms with Crippen molar-refractivity contribution in [2.24, 2.45) is 5.41 Å². The Morgan fingerprint density at radius 1 is 1.10 bits per heavy atom. The number of hydrogen-bond donors (Lipinski definition) is 2. The summed E-state index contributed by atoms with van der Waals surface area (Å²) in [6.07, 6.45) is 3.76. The molecule has 0 aromatic carbocycles. The summed E-state index contributed by atoms with van der Waals surface area (Å²) in [5, 5.41) is 13.7. The average Bonchev–Trinajstić information content (AvgIpc) is 2.43. The Labute approximate surface area is 128 Å². The van der Waals surface area contributed by atoms with Gasteiger partial charge in [-0.25, -0.2) is 0 Å². The van der Waals surface area contributed by atoms with Crippen LogP contribution in [0.3, 0.4) is 0 Å². The summed E-state index contributed by atoms with van der Waals surface area (Å²) in [5.41, 5.74) is -0.278. The Balaban J connectivity index is 1.68. The number of hydrogen-bond acceptors (Lipinski definition) is 4. The lowest BCUT2D eigenvalue weighted by Gasteiger charge is -2.40. The number of piperazine rings is 1. The molecule has 0 aromatic rings. The zero-order valence-electron chi connectivity index (χ0n) is 13.8. The van der Waals surface area contributed by atoms with Gasteiger partial charge in [-0.2, -0.15) is 0 Å². The van der Waals surface area contributed by atoms with Crippen LogP contribution < -0.4 is 5.32 Å². The van der Waals surface area contributed by atoms with Gasteiger partial charge in [0.1, 0.15) is 0 Å². The number of aliphatic hydroxyl groups is 1. The summed E-state index contributed by atoms with van der Waals surface area (Å²) in [7, 11) is 2.08. The summed E-state index contributed by atoms with van der Waals surface area (Å²) in [6.45, 7) is 8.92. The molecule has 0 unspecified atom stereocenters. The number of likely N-dealkylation sites (N-methyl/N-ethyl adjacent to an activating group) is 1. The van der Waals surface area contributed by atoms with Gasteiger partial charge < -0.3 is 20.2 Å². The number of nitrogens with one attached hydrogen (secondary N) is 1. The van der Waals surface area contributed by atoms with Gasteiger partial charge in [-0.3, -0.25) is 4.79 Å². The van der Waals surface area contributed by atoms with Gasteiger partial charge in [0.15, 0.2) is 0 Å². The van der Waals surface area contributed by atoms with Crippen molar-refractivity contribution in [3.05, 3.63) is 0 Å². The minimum Gasteiger partial charge on any atom is -0.389 e. The second kappa shape index (κ2) is 6.63. The Morgan fingerprint density at radius 2 is 1.67 bits per heavy atom. The van der Waals surface area contributed by atoms with Gasteiger partial charge in [0.05, 0.1) is 12.1 Å². The van der Waals surface area contributed by atoms with Crippen molar-refractivity contribution in [3.8, 4) is 0 Å². The normalized spacial score (nSPS) is 25.8. The first kappa shape index (κ1) is 16.7. The minimum atomic E-state index is -0.627. The monoisotopic (exact) mass is 297 g/mol. The fraction of sp³-hybridized carbons (Fsp3) is 0.938. The van der Waals surface area contributed by atoms with Crippen molar-refractivity contribution in [2.45, 2.75) is 45.1 Å². The van der Waals surface area contributed by atoms with Gasteiger partial charge >= 0.3 is 0 Å². The molecule has 0 bridgehead atoms. The molecule has 1 amide bonds. The van der Waals surface area contributed by atoms with Crippen LogP contribution in [0.15, 0.2) is 0 Å². The van der Waals surface area contributed by atoms with Crippen molar-refractivity contribution >= 4 is 5.91 Å². The topological polar surface area (TPSA) is 55.8 Å². The zero-order valence-corrected chi connectivity index (χ0v) is 13.8. The molecule has 1 aliphatic carbocycles. The number of rotatable bonds is 4. The smallest absolute Gasteiger partial charge is 0.236 e. The largest absolute Gasteiger partial charge is 0.389 e. The first-order chi connectivity index (χ1) is 9.80. The van der Waals surface area contributed by atoms with E-state index in [0.717, 1.165) is 51.9 Å². The third-order valence-electron chi connectivity index (χ3n) is 5.12. The van der Waals surface area contributed by atoms with E-state index in [-0.39, 0.29) is 5.91 Å². The molecule has 1 heterocycles. The molecule has 1 saturated heterocycles. The second-order valence-electron chi connectivity index (χ2n) is 7.68. The van der Waals surface area contributed by atoms with Gasteiger partial charge in [0.2, 0.25) is 5.91 Å². The first-order valence-electron chi connectivity index (χ1n) is 8.19. The van der Waals surface area contributed by atoms with E-state index in [0.29, 0.717) is 18.5 Å². The van der Waals surface area contributed by atoms with E-state index in [4.69, 9.17) is 0 Å². The quantitative estimate of drug-likeness (QED) is 0.801. The molecular weight excluding hydrogens is 266 g/mol. The van der Waals surface area contributed by atoms with E-state index < -0.39 is 5.60 Å². The summed E-state index contributed by atoms with van der Waals surface area (Å²) in [6, 6.07) is 0. The van der Waals surface area contributed by atoms with Crippen LogP contribution in [0.2, 0.25) is 0 Å². The summed E-state index contributed by atoms with van der Waals surface area (Å²) in [5.74, 6) is 0.155. The molecule has 2 rings (SSSR count). The van der Waals surface area contributed by atoms with Gasteiger partial charge in [-0.05, 0) is 38.1 Å². The molecule has 5 nitrogen and oxygen atoms in total. The zero-order chi connectivity index (χ0) is 15.5. The molecule has 5 heteroatoms. The third-order valence-corrected chi connectivity index (χ3v) is 5.12. The van der Waals surface area contributed by atoms with Crippen LogP contribution in [0.5, 0.6) is 0 Å². The van der Waals surface area contributed by atoms with Gasteiger partial charge in [0.25, 0.3) is 0 Å². The highest BCUT2D eigenvalue weighted by atomic mass is 16.3. The molecule has 2 aliphatic rings. The second-order valence-corrected chi connectivity index (χ2v) is 7.68. The Kier molecular flexibility index (Phi) is 5.28. The maximum absolute atomic E-state index is 12.1. The number of amides is 1. The van der Waals surface area contributed by atoms with Crippen molar-refractivity contribution in [2.75, 3.05) is 46.3 Å². The molecule has 0 spiro atoms. The Morgan fingerprint density at radius 3 is 2.24 bits per heavy atom. The van der Waals surface area contributed by atoms with Crippen LogP contribution >= 0.6 is 0 Å². The molecule has 0 atom stereocenters. The predicted molar refractivity (Wildman–Crippen MR) is 84.1 cm³/mol. The molecule has 21 heavy (non-hydrogen) atoms. The summed E-state index contributed by atoms with van der Waals surface area (Å²) >= 11 is 0. The molecular formula is C16H31N3O2. The van der Waals surface area contributed by atoms with E-state index >= 15 is 0 Å². The van der Waals surface area contributed by atoms with Crippen molar-refractivity contribution in [1.29, 1.82) is 0 Å².